The number of likely N-dealkylation sites (tertiary alicyclic amines) is 1. The number of aromatic nitrogens is 2. The van der Waals surface area contributed by atoms with Gasteiger partial charge in [0, 0.05) is 43.2 Å². The van der Waals surface area contributed by atoms with Crippen LogP contribution in [0.5, 0.6) is 0 Å². The van der Waals surface area contributed by atoms with E-state index in [2.05, 4.69) is 12.1 Å². The molecule has 1 fully saturated rings. The summed E-state index contributed by atoms with van der Waals surface area (Å²) >= 11 is 0. The van der Waals surface area contributed by atoms with Crippen molar-refractivity contribution in [3.8, 4) is 0 Å². The lowest BCUT2D eigenvalue weighted by Crippen LogP contribution is -2.38. The molecule has 0 aliphatic carbocycles. The van der Waals surface area contributed by atoms with Crippen LogP contribution in [0.1, 0.15) is 47.8 Å². The molecule has 2 aliphatic heterocycles. The van der Waals surface area contributed by atoms with Crippen molar-refractivity contribution >= 4 is 17.6 Å². The second-order valence-electron chi connectivity index (χ2n) is 9.17. The summed E-state index contributed by atoms with van der Waals surface area (Å²) in [7, 11) is 3.82. The minimum atomic E-state index is 0.119. The SMILES string of the molecule is Cc1nc(C2CCN(C(=O)CN(C)C)C2)nc2c1CCC(=O)N2CCCc1ccccc1. The van der Waals surface area contributed by atoms with E-state index in [4.69, 9.17) is 9.97 Å². The lowest BCUT2D eigenvalue weighted by molar-refractivity contribution is -0.130. The van der Waals surface area contributed by atoms with Gasteiger partial charge in [-0.05, 0) is 52.3 Å². The van der Waals surface area contributed by atoms with Crippen LogP contribution < -0.4 is 4.90 Å². The van der Waals surface area contributed by atoms with Crippen molar-refractivity contribution in [3.05, 3.63) is 53.0 Å². The van der Waals surface area contributed by atoms with E-state index in [1.165, 1.54) is 5.56 Å². The summed E-state index contributed by atoms with van der Waals surface area (Å²) in [5.41, 5.74) is 3.33. The number of benzene rings is 1. The van der Waals surface area contributed by atoms with Gasteiger partial charge in [0.2, 0.25) is 11.8 Å². The van der Waals surface area contributed by atoms with Crippen LogP contribution in [0.3, 0.4) is 0 Å². The standard InChI is InChI=1S/C25H33N5O2/c1-18-21-11-12-22(31)30(14-7-10-19-8-5-4-6-9-19)25(21)27-24(26-18)20-13-15-29(16-20)23(32)17-28(2)3/h4-6,8-9,20H,7,10-17H2,1-3H3. The molecule has 1 aromatic heterocycles. The maximum atomic E-state index is 12.8. The predicted octanol–water partition coefficient (Wildman–Crippen LogP) is 2.57. The van der Waals surface area contributed by atoms with Crippen LogP contribution in [0.15, 0.2) is 30.3 Å². The van der Waals surface area contributed by atoms with E-state index in [1.54, 1.807) is 0 Å². The Hall–Kier alpha value is -2.80. The monoisotopic (exact) mass is 435 g/mol. The highest BCUT2D eigenvalue weighted by molar-refractivity contribution is 5.95. The third kappa shape index (κ3) is 4.99. The molecule has 1 atom stereocenters. The largest absolute Gasteiger partial charge is 0.341 e. The van der Waals surface area contributed by atoms with Gasteiger partial charge in [-0.1, -0.05) is 30.3 Å². The average molecular weight is 436 g/mol. The minimum Gasteiger partial charge on any atom is -0.341 e. The highest BCUT2D eigenvalue weighted by Crippen LogP contribution is 2.32. The quantitative estimate of drug-likeness (QED) is 0.669. The van der Waals surface area contributed by atoms with Gasteiger partial charge >= 0.3 is 0 Å². The molecule has 0 N–H and O–H groups in total. The normalized spacial score (nSPS) is 18.4. The van der Waals surface area contributed by atoms with Gasteiger partial charge in [-0.15, -0.1) is 0 Å². The first-order chi connectivity index (χ1) is 15.4. The molecule has 2 amide bonds. The van der Waals surface area contributed by atoms with Crippen LogP contribution in [0, 0.1) is 6.92 Å². The summed E-state index contributed by atoms with van der Waals surface area (Å²) in [6.07, 6.45) is 3.90. The Bertz CT molecular complexity index is 976. The second kappa shape index (κ2) is 9.77. The number of fused-ring (bicyclic) bond motifs is 1. The first kappa shape index (κ1) is 22.4. The number of nitrogens with zero attached hydrogens (tertiary/aromatic N) is 5. The Labute approximate surface area is 190 Å². The second-order valence-corrected chi connectivity index (χ2v) is 9.17. The summed E-state index contributed by atoms with van der Waals surface area (Å²) in [6, 6.07) is 10.4. The molecule has 1 unspecified atom stereocenters. The lowest BCUT2D eigenvalue weighted by Gasteiger charge is -2.30. The Kier molecular flexibility index (Phi) is 6.84. The Morgan fingerprint density at radius 3 is 2.69 bits per heavy atom. The zero-order chi connectivity index (χ0) is 22.7. The first-order valence-corrected chi connectivity index (χ1v) is 11.6. The maximum Gasteiger partial charge on any atom is 0.236 e. The number of hydrogen-bond donors (Lipinski definition) is 0. The number of aryl methyl sites for hydroxylation is 2. The minimum absolute atomic E-state index is 0.119. The van der Waals surface area contributed by atoms with E-state index in [1.807, 2.05) is 53.9 Å². The van der Waals surface area contributed by atoms with Gasteiger partial charge in [-0.25, -0.2) is 9.97 Å². The molecule has 3 heterocycles. The molecule has 0 bridgehead atoms. The van der Waals surface area contributed by atoms with Crippen LogP contribution in [-0.4, -0.2) is 71.9 Å². The van der Waals surface area contributed by atoms with Gasteiger partial charge in [0.15, 0.2) is 0 Å². The zero-order valence-electron chi connectivity index (χ0n) is 19.4. The van der Waals surface area contributed by atoms with E-state index in [0.717, 1.165) is 48.7 Å². The average Bonchev–Trinajstić information content (AvgIpc) is 3.26. The lowest BCUT2D eigenvalue weighted by atomic mass is 10.0. The summed E-state index contributed by atoms with van der Waals surface area (Å²) < 4.78 is 0. The molecular weight excluding hydrogens is 402 g/mol. The fourth-order valence-electron chi connectivity index (χ4n) is 4.67. The third-order valence-electron chi connectivity index (χ3n) is 6.40. The van der Waals surface area contributed by atoms with Crippen LogP contribution in [0.4, 0.5) is 5.82 Å². The number of hydrogen-bond acceptors (Lipinski definition) is 5. The van der Waals surface area contributed by atoms with E-state index in [-0.39, 0.29) is 17.7 Å². The fourth-order valence-corrected chi connectivity index (χ4v) is 4.67. The molecule has 7 heteroatoms. The fraction of sp³-hybridized carbons (Fsp3) is 0.520. The third-order valence-corrected chi connectivity index (χ3v) is 6.40. The Morgan fingerprint density at radius 2 is 1.94 bits per heavy atom. The van der Waals surface area contributed by atoms with Crippen molar-refractivity contribution in [1.29, 1.82) is 0 Å². The molecule has 1 aromatic carbocycles. The molecule has 2 aliphatic rings. The van der Waals surface area contributed by atoms with E-state index >= 15 is 0 Å². The number of carbonyl (C=O) groups is 2. The molecule has 7 nitrogen and oxygen atoms in total. The summed E-state index contributed by atoms with van der Waals surface area (Å²) in [5.74, 6) is 1.96. The predicted molar refractivity (Wildman–Crippen MR) is 125 cm³/mol. The number of carbonyl (C=O) groups excluding carboxylic acids is 2. The smallest absolute Gasteiger partial charge is 0.236 e. The van der Waals surface area contributed by atoms with Gasteiger partial charge in [-0.2, -0.15) is 0 Å². The van der Waals surface area contributed by atoms with Crippen molar-refractivity contribution in [1.82, 2.24) is 19.8 Å². The van der Waals surface area contributed by atoms with Crippen LogP contribution in [-0.2, 0) is 22.4 Å². The molecule has 2 aromatic rings. The van der Waals surface area contributed by atoms with Crippen LogP contribution in [0.2, 0.25) is 0 Å². The summed E-state index contributed by atoms with van der Waals surface area (Å²) in [4.78, 5) is 40.6. The highest BCUT2D eigenvalue weighted by Gasteiger charge is 2.33. The molecular formula is C25H33N5O2. The van der Waals surface area contributed by atoms with E-state index < -0.39 is 0 Å². The van der Waals surface area contributed by atoms with Crippen molar-refractivity contribution in [2.24, 2.45) is 0 Å². The van der Waals surface area contributed by atoms with Crippen molar-refractivity contribution in [2.75, 3.05) is 45.2 Å². The molecule has 0 spiro atoms. The van der Waals surface area contributed by atoms with Gasteiger partial charge in [0.05, 0.1) is 6.54 Å². The van der Waals surface area contributed by atoms with E-state index in [9.17, 15) is 9.59 Å². The van der Waals surface area contributed by atoms with Crippen LogP contribution in [0.25, 0.3) is 0 Å². The Balaban J connectivity index is 1.49. The molecule has 0 radical (unpaired) electrons. The Morgan fingerprint density at radius 1 is 1.16 bits per heavy atom. The highest BCUT2D eigenvalue weighted by atomic mass is 16.2. The first-order valence-electron chi connectivity index (χ1n) is 11.6. The summed E-state index contributed by atoms with van der Waals surface area (Å²) in [5, 5.41) is 0. The zero-order valence-corrected chi connectivity index (χ0v) is 19.4. The maximum absolute atomic E-state index is 12.8. The van der Waals surface area contributed by atoms with Crippen molar-refractivity contribution < 1.29 is 9.59 Å². The number of rotatable bonds is 7. The van der Waals surface area contributed by atoms with Gasteiger partial charge < -0.3 is 9.80 Å². The number of likely N-dealkylation sites (N-methyl/N-ethyl adjacent to an activating group) is 1. The topological polar surface area (TPSA) is 69.6 Å². The van der Waals surface area contributed by atoms with Gasteiger partial charge in [0.1, 0.15) is 11.6 Å². The molecule has 32 heavy (non-hydrogen) atoms. The van der Waals surface area contributed by atoms with Crippen LogP contribution >= 0.6 is 0 Å². The van der Waals surface area contributed by atoms with Gasteiger partial charge in [0.25, 0.3) is 0 Å². The number of anilines is 1. The molecule has 4 rings (SSSR count). The number of amides is 2. The molecule has 1 saturated heterocycles. The van der Waals surface area contributed by atoms with Gasteiger partial charge in [-0.3, -0.25) is 14.5 Å². The van der Waals surface area contributed by atoms with Crippen molar-refractivity contribution in [3.63, 3.8) is 0 Å². The molecule has 170 valence electrons. The molecule has 0 saturated carbocycles. The van der Waals surface area contributed by atoms with Crippen molar-refractivity contribution in [2.45, 2.75) is 44.9 Å². The summed E-state index contributed by atoms with van der Waals surface area (Å²) in [6.45, 7) is 4.48. The van der Waals surface area contributed by atoms with E-state index in [0.29, 0.717) is 32.5 Å².